The summed E-state index contributed by atoms with van der Waals surface area (Å²) < 4.78 is 6.04. The number of amides is 1. The standard InChI is InChI=1S/C20H20BrNO4/c1-20(2,3)26-19(25)22-16-10-6-14(7-11-16)18(24)12-17(23)13-4-8-15(21)9-5-13/h4-12,24H,1-3H3,(H,22,25)/b18-12+. The van der Waals surface area contributed by atoms with E-state index in [1.807, 2.05) is 0 Å². The summed E-state index contributed by atoms with van der Waals surface area (Å²) in [6.45, 7) is 5.34. The molecule has 0 unspecified atom stereocenters. The van der Waals surface area contributed by atoms with Gasteiger partial charge in [-0.2, -0.15) is 0 Å². The summed E-state index contributed by atoms with van der Waals surface area (Å²) in [6.07, 6.45) is 0.606. The molecule has 0 saturated carbocycles. The van der Waals surface area contributed by atoms with Crippen molar-refractivity contribution in [3.63, 3.8) is 0 Å². The van der Waals surface area contributed by atoms with Crippen LogP contribution in [0.4, 0.5) is 10.5 Å². The molecule has 2 rings (SSSR count). The minimum Gasteiger partial charge on any atom is -0.507 e. The predicted molar refractivity (Wildman–Crippen MR) is 105 cm³/mol. The normalized spacial score (nSPS) is 11.8. The highest BCUT2D eigenvalue weighted by molar-refractivity contribution is 9.10. The van der Waals surface area contributed by atoms with E-state index >= 15 is 0 Å². The van der Waals surface area contributed by atoms with Crippen LogP contribution in [-0.4, -0.2) is 22.6 Å². The van der Waals surface area contributed by atoms with Crippen LogP contribution < -0.4 is 5.32 Å². The molecular formula is C20H20BrNO4. The molecule has 0 spiro atoms. The number of halogens is 1. The molecule has 26 heavy (non-hydrogen) atoms. The molecule has 0 fully saturated rings. The third kappa shape index (κ3) is 6.04. The molecule has 0 radical (unpaired) electrons. The Labute approximate surface area is 160 Å². The van der Waals surface area contributed by atoms with Crippen molar-refractivity contribution in [2.75, 3.05) is 5.32 Å². The fourth-order valence-electron chi connectivity index (χ4n) is 2.05. The largest absolute Gasteiger partial charge is 0.507 e. The molecule has 2 aromatic carbocycles. The quantitative estimate of drug-likeness (QED) is 0.386. The molecule has 2 aromatic rings. The van der Waals surface area contributed by atoms with Gasteiger partial charge in [-0.3, -0.25) is 10.1 Å². The summed E-state index contributed by atoms with van der Waals surface area (Å²) in [4.78, 5) is 23.9. The smallest absolute Gasteiger partial charge is 0.412 e. The Hall–Kier alpha value is -2.60. The average Bonchev–Trinajstić information content (AvgIpc) is 2.54. The molecule has 0 aromatic heterocycles. The highest BCUT2D eigenvalue weighted by Crippen LogP contribution is 2.18. The maximum absolute atomic E-state index is 12.2. The van der Waals surface area contributed by atoms with Gasteiger partial charge in [0.1, 0.15) is 11.4 Å². The van der Waals surface area contributed by atoms with Crippen LogP contribution >= 0.6 is 15.9 Å². The van der Waals surface area contributed by atoms with Gasteiger partial charge in [-0.25, -0.2) is 4.79 Å². The topological polar surface area (TPSA) is 75.6 Å². The van der Waals surface area contributed by atoms with Crippen LogP contribution in [0.3, 0.4) is 0 Å². The molecule has 0 atom stereocenters. The van der Waals surface area contributed by atoms with Gasteiger partial charge in [0.25, 0.3) is 0 Å². The van der Waals surface area contributed by atoms with Crippen LogP contribution in [0.25, 0.3) is 5.76 Å². The number of nitrogens with one attached hydrogen (secondary N) is 1. The molecule has 2 N–H and O–H groups in total. The first kappa shape index (κ1) is 19.7. The molecule has 0 aliphatic carbocycles. The van der Waals surface area contributed by atoms with E-state index in [4.69, 9.17) is 4.74 Å². The predicted octanol–water partition coefficient (Wildman–Crippen LogP) is 5.58. The minimum atomic E-state index is -0.585. The zero-order valence-electron chi connectivity index (χ0n) is 14.7. The second-order valence-electron chi connectivity index (χ2n) is 6.60. The van der Waals surface area contributed by atoms with E-state index in [1.54, 1.807) is 69.3 Å². The van der Waals surface area contributed by atoms with Gasteiger partial charge in [0.2, 0.25) is 0 Å². The zero-order chi connectivity index (χ0) is 19.3. The van der Waals surface area contributed by atoms with Crippen LogP contribution in [0.2, 0.25) is 0 Å². The minimum absolute atomic E-state index is 0.151. The van der Waals surface area contributed by atoms with Crippen molar-refractivity contribution in [3.05, 3.63) is 70.2 Å². The van der Waals surface area contributed by atoms with Crippen molar-refractivity contribution in [2.24, 2.45) is 0 Å². The van der Waals surface area contributed by atoms with E-state index in [2.05, 4.69) is 21.2 Å². The van der Waals surface area contributed by atoms with Gasteiger partial charge in [0.05, 0.1) is 0 Å². The van der Waals surface area contributed by atoms with Crippen molar-refractivity contribution in [3.8, 4) is 0 Å². The van der Waals surface area contributed by atoms with Gasteiger partial charge < -0.3 is 9.84 Å². The summed E-state index contributed by atoms with van der Waals surface area (Å²) in [6, 6.07) is 13.3. The summed E-state index contributed by atoms with van der Waals surface area (Å²) in [5.41, 5.74) is 0.876. The van der Waals surface area contributed by atoms with Crippen LogP contribution in [0, 0.1) is 0 Å². The molecule has 5 nitrogen and oxygen atoms in total. The Bertz CT molecular complexity index is 818. The van der Waals surface area contributed by atoms with E-state index in [1.165, 1.54) is 6.08 Å². The number of aliphatic hydroxyl groups is 1. The number of allylic oxidation sites excluding steroid dienone is 1. The van der Waals surface area contributed by atoms with Crippen molar-refractivity contribution in [1.82, 2.24) is 0 Å². The SMILES string of the molecule is CC(C)(C)OC(=O)Nc1ccc(/C(O)=C\C(=O)c2ccc(Br)cc2)cc1. The van der Waals surface area contributed by atoms with Crippen molar-refractivity contribution in [2.45, 2.75) is 26.4 Å². The van der Waals surface area contributed by atoms with Gasteiger partial charge in [0, 0.05) is 27.4 Å². The number of hydrogen-bond acceptors (Lipinski definition) is 4. The molecule has 1 amide bonds. The van der Waals surface area contributed by atoms with Crippen molar-refractivity contribution in [1.29, 1.82) is 0 Å². The van der Waals surface area contributed by atoms with Crippen LogP contribution in [-0.2, 0) is 4.74 Å². The highest BCUT2D eigenvalue weighted by Gasteiger charge is 2.16. The fourth-order valence-corrected chi connectivity index (χ4v) is 2.32. The summed E-state index contributed by atoms with van der Waals surface area (Å²) >= 11 is 3.31. The molecule has 0 aliphatic rings. The maximum Gasteiger partial charge on any atom is 0.412 e. The summed E-state index contributed by atoms with van der Waals surface area (Å²) in [5, 5.41) is 12.8. The zero-order valence-corrected chi connectivity index (χ0v) is 16.3. The monoisotopic (exact) mass is 417 g/mol. The summed E-state index contributed by atoms with van der Waals surface area (Å²) in [5.74, 6) is -0.451. The lowest BCUT2D eigenvalue weighted by Gasteiger charge is -2.19. The Balaban J connectivity index is 2.06. The second kappa shape index (κ2) is 8.19. The van der Waals surface area contributed by atoms with Crippen molar-refractivity contribution < 1.29 is 19.4 Å². The lowest BCUT2D eigenvalue weighted by Crippen LogP contribution is -2.27. The Morgan fingerprint density at radius 3 is 2.08 bits per heavy atom. The molecule has 0 saturated heterocycles. The van der Waals surface area contributed by atoms with Gasteiger partial charge in [-0.1, -0.05) is 15.9 Å². The first-order valence-corrected chi connectivity index (χ1v) is 8.74. The number of hydrogen-bond donors (Lipinski definition) is 2. The third-order valence-electron chi connectivity index (χ3n) is 3.22. The van der Waals surface area contributed by atoms with Crippen LogP contribution in [0.5, 0.6) is 0 Å². The van der Waals surface area contributed by atoms with E-state index in [0.717, 1.165) is 4.47 Å². The Morgan fingerprint density at radius 1 is 1.00 bits per heavy atom. The average molecular weight is 418 g/mol. The first-order chi connectivity index (χ1) is 12.1. The van der Waals surface area contributed by atoms with Crippen molar-refractivity contribution >= 4 is 39.3 Å². The fraction of sp³-hybridized carbons (Fsp3) is 0.200. The highest BCUT2D eigenvalue weighted by atomic mass is 79.9. The third-order valence-corrected chi connectivity index (χ3v) is 3.75. The number of carbonyl (C=O) groups is 2. The summed E-state index contributed by atoms with van der Waals surface area (Å²) in [7, 11) is 0. The van der Waals surface area contributed by atoms with E-state index < -0.39 is 11.7 Å². The number of anilines is 1. The molecular weight excluding hydrogens is 398 g/mol. The Kier molecular flexibility index (Phi) is 6.21. The van der Waals surface area contributed by atoms with Gasteiger partial charge in [-0.15, -0.1) is 0 Å². The number of ketones is 1. The van der Waals surface area contributed by atoms with E-state index in [0.29, 0.717) is 16.8 Å². The molecule has 0 aliphatic heterocycles. The molecule has 0 bridgehead atoms. The maximum atomic E-state index is 12.2. The van der Waals surface area contributed by atoms with E-state index in [-0.39, 0.29) is 11.5 Å². The number of aliphatic hydroxyl groups excluding tert-OH is 1. The second-order valence-corrected chi connectivity index (χ2v) is 7.52. The lowest BCUT2D eigenvalue weighted by molar-refractivity contribution is 0.0635. The number of benzene rings is 2. The number of carbonyl (C=O) groups excluding carboxylic acids is 2. The van der Waals surface area contributed by atoms with Gasteiger partial charge >= 0.3 is 6.09 Å². The molecule has 0 heterocycles. The molecule has 136 valence electrons. The van der Waals surface area contributed by atoms with Gasteiger partial charge in [0.15, 0.2) is 5.78 Å². The van der Waals surface area contributed by atoms with E-state index in [9.17, 15) is 14.7 Å². The first-order valence-electron chi connectivity index (χ1n) is 7.95. The van der Waals surface area contributed by atoms with Crippen LogP contribution in [0.15, 0.2) is 59.1 Å². The molecule has 6 heteroatoms. The number of rotatable bonds is 4. The lowest BCUT2D eigenvalue weighted by atomic mass is 10.1. The number of ether oxygens (including phenoxy) is 1. The Morgan fingerprint density at radius 2 is 1.54 bits per heavy atom. The van der Waals surface area contributed by atoms with Crippen LogP contribution in [0.1, 0.15) is 36.7 Å². The van der Waals surface area contributed by atoms with Gasteiger partial charge in [-0.05, 0) is 69.3 Å².